The van der Waals surface area contributed by atoms with Crippen molar-refractivity contribution in [1.29, 1.82) is 0 Å². The van der Waals surface area contributed by atoms with Crippen LogP contribution in [0, 0.1) is 0 Å². The standard InChI is InChI=1S/C12H25N3S/c1-5-6-7-14-11(13-4)15-8-9-16-12(2,3)10-15/h5-10H2,1-4H3,(H,13,14). The normalized spacial score (nSPS) is 21.0. The van der Waals surface area contributed by atoms with Crippen LogP contribution in [0.3, 0.4) is 0 Å². The zero-order valence-electron chi connectivity index (χ0n) is 11.0. The van der Waals surface area contributed by atoms with Gasteiger partial charge in [-0.25, -0.2) is 0 Å². The zero-order valence-corrected chi connectivity index (χ0v) is 11.9. The van der Waals surface area contributed by atoms with Crippen molar-refractivity contribution in [2.75, 3.05) is 32.4 Å². The molecule has 1 rings (SSSR count). The van der Waals surface area contributed by atoms with Crippen molar-refractivity contribution in [2.45, 2.75) is 38.4 Å². The van der Waals surface area contributed by atoms with Gasteiger partial charge in [-0.2, -0.15) is 11.8 Å². The van der Waals surface area contributed by atoms with Crippen molar-refractivity contribution in [3.05, 3.63) is 0 Å². The Hall–Kier alpha value is -0.380. The van der Waals surface area contributed by atoms with E-state index >= 15 is 0 Å². The van der Waals surface area contributed by atoms with E-state index in [2.05, 4.69) is 47.7 Å². The lowest BCUT2D eigenvalue weighted by molar-refractivity contribution is 0.375. The second-order valence-corrected chi connectivity index (χ2v) is 6.66. The summed E-state index contributed by atoms with van der Waals surface area (Å²) < 4.78 is 0.348. The van der Waals surface area contributed by atoms with Gasteiger partial charge in [0.15, 0.2) is 5.96 Å². The number of thioether (sulfide) groups is 1. The maximum Gasteiger partial charge on any atom is 0.193 e. The maximum absolute atomic E-state index is 4.37. The Bertz CT molecular complexity index is 238. The number of nitrogens with one attached hydrogen (secondary N) is 1. The minimum atomic E-state index is 0.348. The van der Waals surface area contributed by atoms with Gasteiger partial charge in [-0.15, -0.1) is 0 Å². The molecular formula is C12H25N3S. The van der Waals surface area contributed by atoms with Gasteiger partial charge < -0.3 is 10.2 Å². The summed E-state index contributed by atoms with van der Waals surface area (Å²) in [4.78, 5) is 6.75. The molecule has 1 N–H and O–H groups in total. The number of aliphatic imine (C=N–C) groups is 1. The highest BCUT2D eigenvalue weighted by Crippen LogP contribution is 2.29. The Kier molecular flexibility index (Phi) is 5.46. The molecule has 16 heavy (non-hydrogen) atoms. The van der Waals surface area contributed by atoms with Crippen LogP contribution in [0.1, 0.15) is 33.6 Å². The minimum Gasteiger partial charge on any atom is -0.356 e. The summed E-state index contributed by atoms with van der Waals surface area (Å²) in [5, 5.41) is 3.44. The fraction of sp³-hybridized carbons (Fsp3) is 0.917. The molecule has 0 spiro atoms. The molecule has 0 bridgehead atoms. The number of rotatable bonds is 3. The molecular weight excluding hydrogens is 218 g/mol. The summed E-state index contributed by atoms with van der Waals surface area (Å²) in [6, 6.07) is 0. The highest BCUT2D eigenvalue weighted by atomic mass is 32.2. The fourth-order valence-electron chi connectivity index (χ4n) is 1.91. The number of unbranched alkanes of at least 4 members (excludes halogenated alkanes) is 1. The summed E-state index contributed by atoms with van der Waals surface area (Å²) in [6.07, 6.45) is 2.44. The quantitative estimate of drug-likeness (QED) is 0.468. The van der Waals surface area contributed by atoms with Gasteiger partial charge >= 0.3 is 0 Å². The van der Waals surface area contributed by atoms with Crippen LogP contribution < -0.4 is 5.32 Å². The molecule has 1 saturated heterocycles. The Balaban J connectivity index is 2.46. The third kappa shape index (κ3) is 4.24. The van der Waals surface area contributed by atoms with Crippen LogP contribution in [-0.4, -0.2) is 48.0 Å². The van der Waals surface area contributed by atoms with Gasteiger partial charge in [-0.1, -0.05) is 13.3 Å². The van der Waals surface area contributed by atoms with E-state index in [4.69, 9.17) is 0 Å². The Morgan fingerprint density at radius 1 is 1.50 bits per heavy atom. The SMILES string of the molecule is CCCCNC(=NC)N1CCSC(C)(C)C1. The topological polar surface area (TPSA) is 27.6 Å². The first kappa shape index (κ1) is 13.7. The molecule has 94 valence electrons. The smallest absolute Gasteiger partial charge is 0.193 e. The van der Waals surface area contributed by atoms with Crippen LogP contribution in [0.25, 0.3) is 0 Å². The first-order chi connectivity index (χ1) is 7.59. The Morgan fingerprint density at radius 3 is 2.81 bits per heavy atom. The molecule has 0 atom stereocenters. The second kappa shape index (κ2) is 6.38. The van der Waals surface area contributed by atoms with Crippen LogP contribution in [0.15, 0.2) is 4.99 Å². The first-order valence-corrected chi connectivity index (χ1v) is 7.17. The van der Waals surface area contributed by atoms with Crippen molar-refractivity contribution in [1.82, 2.24) is 10.2 Å². The molecule has 0 radical (unpaired) electrons. The summed E-state index contributed by atoms with van der Waals surface area (Å²) >= 11 is 2.06. The predicted molar refractivity (Wildman–Crippen MR) is 74.4 cm³/mol. The van der Waals surface area contributed by atoms with Crippen molar-refractivity contribution < 1.29 is 0 Å². The van der Waals surface area contributed by atoms with Crippen LogP contribution in [0.2, 0.25) is 0 Å². The molecule has 1 fully saturated rings. The van der Waals surface area contributed by atoms with Crippen LogP contribution in [0.4, 0.5) is 0 Å². The third-order valence-electron chi connectivity index (χ3n) is 2.75. The average molecular weight is 243 g/mol. The molecule has 1 heterocycles. The molecule has 0 amide bonds. The number of guanidine groups is 1. The van der Waals surface area contributed by atoms with E-state index < -0.39 is 0 Å². The van der Waals surface area contributed by atoms with Crippen molar-refractivity contribution >= 4 is 17.7 Å². The van der Waals surface area contributed by atoms with Crippen LogP contribution in [0.5, 0.6) is 0 Å². The second-order valence-electron chi connectivity index (χ2n) is 4.86. The maximum atomic E-state index is 4.37. The molecule has 0 unspecified atom stereocenters. The van der Waals surface area contributed by atoms with Crippen LogP contribution >= 0.6 is 11.8 Å². The summed E-state index contributed by atoms with van der Waals surface area (Å²) in [5.41, 5.74) is 0. The lowest BCUT2D eigenvalue weighted by Gasteiger charge is -2.39. The van der Waals surface area contributed by atoms with E-state index in [0.29, 0.717) is 4.75 Å². The van der Waals surface area contributed by atoms with Crippen molar-refractivity contribution in [3.63, 3.8) is 0 Å². The monoisotopic (exact) mass is 243 g/mol. The number of nitrogens with zero attached hydrogens (tertiary/aromatic N) is 2. The molecule has 0 saturated carbocycles. The molecule has 0 aromatic carbocycles. The molecule has 1 aliphatic rings. The Labute approximate surface area is 104 Å². The largest absolute Gasteiger partial charge is 0.356 e. The van der Waals surface area contributed by atoms with Gasteiger partial charge in [0.2, 0.25) is 0 Å². The molecule has 0 aliphatic carbocycles. The lowest BCUT2D eigenvalue weighted by Crippen LogP contribution is -2.51. The number of hydrogen-bond donors (Lipinski definition) is 1. The summed E-state index contributed by atoms with van der Waals surface area (Å²) in [5.74, 6) is 2.27. The van der Waals surface area contributed by atoms with Gasteiger partial charge in [0, 0.05) is 37.2 Å². The molecule has 3 nitrogen and oxygen atoms in total. The van der Waals surface area contributed by atoms with E-state index in [9.17, 15) is 0 Å². The molecule has 1 aliphatic heterocycles. The van der Waals surface area contributed by atoms with E-state index in [0.717, 1.165) is 25.6 Å². The van der Waals surface area contributed by atoms with Crippen molar-refractivity contribution in [2.24, 2.45) is 4.99 Å². The first-order valence-electron chi connectivity index (χ1n) is 6.18. The fourth-order valence-corrected chi connectivity index (χ4v) is 3.02. The average Bonchev–Trinajstić information content (AvgIpc) is 2.23. The van der Waals surface area contributed by atoms with E-state index in [1.54, 1.807) is 0 Å². The molecule has 0 aromatic heterocycles. The molecule has 4 heteroatoms. The van der Waals surface area contributed by atoms with Gasteiger partial charge in [0.05, 0.1) is 0 Å². The summed E-state index contributed by atoms with van der Waals surface area (Å²) in [7, 11) is 1.88. The van der Waals surface area contributed by atoms with Gasteiger partial charge in [-0.3, -0.25) is 4.99 Å². The van der Waals surface area contributed by atoms with Gasteiger partial charge in [0.25, 0.3) is 0 Å². The summed E-state index contributed by atoms with van der Waals surface area (Å²) in [6.45, 7) is 10.1. The third-order valence-corrected chi connectivity index (χ3v) is 4.05. The lowest BCUT2D eigenvalue weighted by atomic mass is 10.2. The van der Waals surface area contributed by atoms with E-state index in [1.807, 2.05) is 7.05 Å². The molecule has 0 aromatic rings. The number of hydrogen-bond acceptors (Lipinski definition) is 2. The van der Waals surface area contributed by atoms with Gasteiger partial charge in [-0.05, 0) is 20.3 Å². The minimum absolute atomic E-state index is 0.348. The van der Waals surface area contributed by atoms with E-state index in [1.165, 1.54) is 18.6 Å². The van der Waals surface area contributed by atoms with E-state index in [-0.39, 0.29) is 0 Å². The zero-order chi connectivity index (χ0) is 12.0. The predicted octanol–water partition coefficient (Wildman–Crippen LogP) is 2.19. The Morgan fingerprint density at radius 2 is 2.25 bits per heavy atom. The highest BCUT2D eigenvalue weighted by molar-refractivity contribution is 8.00. The van der Waals surface area contributed by atoms with Crippen molar-refractivity contribution in [3.8, 4) is 0 Å². The van der Waals surface area contributed by atoms with Crippen LogP contribution in [-0.2, 0) is 0 Å². The van der Waals surface area contributed by atoms with Gasteiger partial charge in [0.1, 0.15) is 0 Å². The highest BCUT2D eigenvalue weighted by Gasteiger charge is 2.28.